The molecule has 1 aliphatic heterocycles. The van der Waals surface area contributed by atoms with Gasteiger partial charge >= 0.3 is 0 Å². The van der Waals surface area contributed by atoms with E-state index in [1.165, 1.54) is 0 Å². The highest BCUT2D eigenvalue weighted by molar-refractivity contribution is 5.99. The number of aromatic nitrogens is 1. The fourth-order valence-electron chi connectivity index (χ4n) is 1.45. The van der Waals surface area contributed by atoms with Gasteiger partial charge in [-0.2, -0.15) is 0 Å². The normalized spacial score (nSPS) is 16.4. The molecule has 0 fully saturated rings. The van der Waals surface area contributed by atoms with Gasteiger partial charge in [0.05, 0.1) is 24.9 Å². The first-order valence-electron chi connectivity index (χ1n) is 4.54. The van der Waals surface area contributed by atoms with Crippen LogP contribution in [-0.4, -0.2) is 16.8 Å². The fraction of sp³-hybridized carbons (Fsp3) is 0.400. The van der Waals surface area contributed by atoms with E-state index in [9.17, 15) is 4.79 Å². The molecule has 0 spiro atoms. The van der Waals surface area contributed by atoms with E-state index in [-0.39, 0.29) is 5.78 Å². The summed E-state index contributed by atoms with van der Waals surface area (Å²) in [5.74, 6) is -0.0767. The highest BCUT2D eigenvalue weighted by Gasteiger charge is 2.17. The minimum absolute atomic E-state index is 0.0767. The third-order valence-electron chi connectivity index (χ3n) is 2.25. The molecule has 0 amide bonds. The number of rotatable bonds is 2. The van der Waals surface area contributed by atoms with Crippen molar-refractivity contribution < 1.29 is 9.53 Å². The van der Waals surface area contributed by atoms with Gasteiger partial charge in [-0.1, -0.05) is 0 Å². The van der Waals surface area contributed by atoms with Gasteiger partial charge in [0.1, 0.15) is 0 Å². The molecule has 1 atom stereocenters. The summed E-state index contributed by atoms with van der Waals surface area (Å²) in [7, 11) is 0. The molecule has 0 radical (unpaired) electrons. The van der Waals surface area contributed by atoms with E-state index in [1.54, 1.807) is 13.1 Å². The molecule has 4 nitrogen and oxygen atoms in total. The van der Waals surface area contributed by atoms with Crippen LogP contribution in [0.25, 0.3) is 0 Å². The summed E-state index contributed by atoms with van der Waals surface area (Å²) in [6.07, 6.45) is 1.57. The number of fused-ring (bicyclic) bond motifs is 1. The van der Waals surface area contributed by atoms with Gasteiger partial charge in [0.15, 0.2) is 5.78 Å². The molecule has 14 heavy (non-hydrogen) atoms. The maximum atomic E-state index is 11.5. The number of carbonyl (C=O) groups is 1. The quantitative estimate of drug-likeness (QED) is 0.698. The maximum absolute atomic E-state index is 11.5. The Kier molecular flexibility index (Phi) is 2.31. The van der Waals surface area contributed by atoms with E-state index in [0.717, 1.165) is 11.3 Å². The standard InChI is InChI=1S/C10H12N2O2/c1-6(11)10(13)7-2-8-4-14-5-9(8)12-3-7/h2-3,6H,4-5,11H2,1H3. The second-order valence-electron chi connectivity index (χ2n) is 3.48. The first-order chi connectivity index (χ1) is 6.68. The summed E-state index contributed by atoms with van der Waals surface area (Å²) in [5.41, 5.74) is 8.00. The van der Waals surface area contributed by atoms with Crippen LogP contribution in [0.4, 0.5) is 0 Å². The highest BCUT2D eigenvalue weighted by atomic mass is 16.5. The van der Waals surface area contributed by atoms with E-state index in [4.69, 9.17) is 10.5 Å². The number of hydrogen-bond acceptors (Lipinski definition) is 4. The van der Waals surface area contributed by atoms with Crippen molar-refractivity contribution in [1.29, 1.82) is 0 Å². The first-order valence-corrected chi connectivity index (χ1v) is 4.54. The summed E-state index contributed by atoms with van der Waals surface area (Å²) in [6.45, 7) is 2.76. The molecular weight excluding hydrogens is 180 g/mol. The van der Waals surface area contributed by atoms with Crippen molar-refractivity contribution in [3.8, 4) is 0 Å². The Hall–Kier alpha value is -1.26. The molecule has 0 aliphatic carbocycles. The van der Waals surface area contributed by atoms with Crippen LogP contribution in [0.3, 0.4) is 0 Å². The lowest BCUT2D eigenvalue weighted by molar-refractivity contribution is 0.0967. The summed E-state index contributed by atoms with van der Waals surface area (Å²) in [5, 5.41) is 0. The molecule has 2 rings (SSSR count). The Morgan fingerprint density at radius 1 is 1.64 bits per heavy atom. The van der Waals surface area contributed by atoms with Crippen LogP contribution in [0.15, 0.2) is 12.3 Å². The number of nitrogens with two attached hydrogens (primary N) is 1. The van der Waals surface area contributed by atoms with Crippen LogP contribution in [0.5, 0.6) is 0 Å². The van der Waals surface area contributed by atoms with Gasteiger partial charge in [0.25, 0.3) is 0 Å². The van der Waals surface area contributed by atoms with Crippen molar-refractivity contribution in [1.82, 2.24) is 4.98 Å². The highest BCUT2D eigenvalue weighted by Crippen LogP contribution is 2.18. The molecule has 1 aromatic heterocycles. The maximum Gasteiger partial charge on any atom is 0.180 e. The minimum Gasteiger partial charge on any atom is -0.370 e. The average molecular weight is 192 g/mol. The number of ether oxygens (including phenoxy) is 1. The van der Waals surface area contributed by atoms with Crippen LogP contribution in [0, 0.1) is 0 Å². The second-order valence-corrected chi connectivity index (χ2v) is 3.48. The summed E-state index contributed by atoms with van der Waals surface area (Å²) in [6, 6.07) is 1.35. The zero-order chi connectivity index (χ0) is 10.1. The van der Waals surface area contributed by atoms with E-state index < -0.39 is 6.04 Å². The van der Waals surface area contributed by atoms with Gasteiger partial charge in [0, 0.05) is 17.3 Å². The van der Waals surface area contributed by atoms with Gasteiger partial charge in [0.2, 0.25) is 0 Å². The largest absolute Gasteiger partial charge is 0.370 e. The molecule has 0 saturated carbocycles. The Bertz CT molecular complexity index is 374. The average Bonchev–Trinajstić information content (AvgIpc) is 2.62. The van der Waals surface area contributed by atoms with Crippen molar-refractivity contribution in [3.05, 3.63) is 29.1 Å². The number of carbonyl (C=O) groups excluding carboxylic acids is 1. The lowest BCUT2D eigenvalue weighted by Gasteiger charge is -2.04. The van der Waals surface area contributed by atoms with Gasteiger partial charge < -0.3 is 10.5 Å². The van der Waals surface area contributed by atoms with Crippen molar-refractivity contribution in [3.63, 3.8) is 0 Å². The van der Waals surface area contributed by atoms with Crippen LogP contribution < -0.4 is 5.73 Å². The molecule has 1 aromatic rings. The molecular formula is C10H12N2O2. The number of ketones is 1. The topological polar surface area (TPSA) is 65.2 Å². The van der Waals surface area contributed by atoms with Crippen molar-refractivity contribution in [2.75, 3.05) is 0 Å². The number of pyridine rings is 1. The van der Waals surface area contributed by atoms with E-state index in [0.29, 0.717) is 18.8 Å². The lowest BCUT2D eigenvalue weighted by Crippen LogP contribution is -2.26. The van der Waals surface area contributed by atoms with Gasteiger partial charge in [-0.3, -0.25) is 9.78 Å². The second kappa shape index (κ2) is 3.48. The Morgan fingerprint density at radius 3 is 3.14 bits per heavy atom. The molecule has 1 unspecified atom stereocenters. The molecule has 0 bridgehead atoms. The number of hydrogen-bond donors (Lipinski definition) is 1. The lowest BCUT2D eigenvalue weighted by atomic mass is 10.1. The van der Waals surface area contributed by atoms with Crippen LogP contribution in [0.1, 0.15) is 28.5 Å². The SMILES string of the molecule is CC(N)C(=O)c1cnc2c(c1)COC2. The van der Waals surface area contributed by atoms with Gasteiger partial charge in [-0.25, -0.2) is 0 Å². The molecule has 4 heteroatoms. The number of nitrogens with zero attached hydrogens (tertiary/aromatic N) is 1. The van der Waals surface area contributed by atoms with E-state index in [1.807, 2.05) is 6.07 Å². The van der Waals surface area contributed by atoms with E-state index in [2.05, 4.69) is 4.98 Å². The summed E-state index contributed by atoms with van der Waals surface area (Å²) < 4.78 is 5.21. The van der Waals surface area contributed by atoms with Gasteiger partial charge in [-0.05, 0) is 13.0 Å². The van der Waals surface area contributed by atoms with Crippen LogP contribution >= 0.6 is 0 Å². The fourth-order valence-corrected chi connectivity index (χ4v) is 1.45. The zero-order valence-corrected chi connectivity index (χ0v) is 7.99. The number of Topliss-reactive ketones (excluding diaryl/α,β-unsaturated/α-hetero) is 1. The molecule has 0 saturated heterocycles. The summed E-state index contributed by atoms with van der Waals surface area (Å²) in [4.78, 5) is 15.7. The third kappa shape index (κ3) is 1.54. The van der Waals surface area contributed by atoms with E-state index >= 15 is 0 Å². The Morgan fingerprint density at radius 2 is 2.43 bits per heavy atom. The van der Waals surface area contributed by atoms with Gasteiger partial charge in [-0.15, -0.1) is 0 Å². The first kappa shape index (κ1) is 9.30. The molecule has 2 N–H and O–H groups in total. The van der Waals surface area contributed by atoms with Crippen LogP contribution in [-0.2, 0) is 18.0 Å². The monoisotopic (exact) mass is 192 g/mol. The van der Waals surface area contributed by atoms with Crippen molar-refractivity contribution >= 4 is 5.78 Å². The van der Waals surface area contributed by atoms with Crippen LogP contribution in [0.2, 0.25) is 0 Å². The molecule has 2 heterocycles. The molecule has 0 aromatic carbocycles. The third-order valence-corrected chi connectivity index (χ3v) is 2.25. The van der Waals surface area contributed by atoms with Crippen molar-refractivity contribution in [2.45, 2.75) is 26.2 Å². The molecule has 74 valence electrons. The minimum atomic E-state index is -0.475. The molecule has 1 aliphatic rings. The van der Waals surface area contributed by atoms with Crippen molar-refractivity contribution in [2.24, 2.45) is 5.73 Å². The smallest absolute Gasteiger partial charge is 0.180 e. The zero-order valence-electron chi connectivity index (χ0n) is 7.99. The Balaban J connectivity index is 2.33. The Labute approximate surface area is 82.1 Å². The predicted molar refractivity (Wildman–Crippen MR) is 50.7 cm³/mol. The predicted octanol–water partition coefficient (Wildman–Crippen LogP) is 0.642. The summed E-state index contributed by atoms with van der Waals surface area (Å²) >= 11 is 0.